The van der Waals surface area contributed by atoms with E-state index in [1.54, 1.807) is 0 Å². The van der Waals surface area contributed by atoms with Crippen molar-refractivity contribution < 1.29 is 4.79 Å². The van der Waals surface area contributed by atoms with Crippen LogP contribution in [0.3, 0.4) is 0 Å². The quantitative estimate of drug-likeness (QED) is 0.647. The maximum Gasteiger partial charge on any atom is 0.220 e. The molecule has 0 unspecified atom stereocenters. The molecule has 0 fully saturated rings. The van der Waals surface area contributed by atoms with E-state index in [-0.39, 0.29) is 5.91 Å². The van der Waals surface area contributed by atoms with E-state index in [0.717, 1.165) is 19.4 Å². The van der Waals surface area contributed by atoms with Gasteiger partial charge in [-0.3, -0.25) is 4.79 Å². The van der Waals surface area contributed by atoms with Gasteiger partial charge in [-0.25, -0.2) is 0 Å². The topological polar surface area (TPSA) is 29.1 Å². The van der Waals surface area contributed by atoms with Crippen LogP contribution < -0.4 is 5.32 Å². The number of carbonyl (C=O) groups is 1. The van der Waals surface area contributed by atoms with Crippen molar-refractivity contribution in [3.8, 4) is 0 Å². The van der Waals surface area contributed by atoms with Gasteiger partial charge in [0.1, 0.15) is 0 Å². The highest BCUT2D eigenvalue weighted by atomic mass is 16.1. The van der Waals surface area contributed by atoms with Crippen molar-refractivity contribution in [3.05, 3.63) is 5.92 Å². The Kier molecular flexibility index (Phi) is 5.90. The number of amides is 1. The van der Waals surface area contributed by atoms with Crippen LogP contribution >= 0.6 is 0 Å². The Balaban J connectivity index is 3.23. The first-order chi connectivity index (χ1) is 5.16. The predicted molar refractivity (Wildman–Crippen MR) is 47.1 cm³/mol. The molecule has 1 radical (unpaired) electrons. The van der Waals surface area contributed by atoms with E-state index in [1.165, 1.54) is 5.92 Å². The van der Waals surface area contributed by atoms with E-state index in [4.69, 9.17) is 0 Å². The summed E-state index contributed by atoms with van der Waals surface area (Å²) in [7, 11) is 0. The molecule has 0 spiro atoms. The fourth-order valence-electron chi connectivity index (χ4n) is 0.701. The standard InChI is InChI=1S/C9H18NO/c1-4-5-6-9(11)10-7-8(2)3/h4-7H2,1-3H3,(H,10,11). The molecule has 0 aliphatic heterocycles. The van der Waals surface area contributed by atoms with Gasteiger partial charge in [-0.1, -0.05) is 27.2 Å². The maximum atomic E-state index is 11.0. The van der Waals surface area contributed by atoms with E-state index < -0.39 is 0 Å². The van der Waals surface area contributed by atoms with Gasteiger partial charge >= 0.3 is 0 Å². The monoisotopic (exact) mass is 156 g/mol. The van der Waals surface area contributed by atoms with Gasteiger partial charge in [0.15, 0.2) is 0 Å². The number of nitrogens with one attached hydrogen (secondary N) is 1. The zero-order chi connectivity index (χ0) is 8.69. The second kappa shape index (κ2) is 6.20. The van der Waals surface area contributed by atoms with Gasteiger partial charge in [-0.15, -0.1) is 0 Å². The summed E-state index contributed by atoms with van der Waals surface area (Å²) in [6.07, 6.45) is 2.75. The van der Waals surface area contributed by atoms with Crippen LogP contribution in [-0.4, -0.2) is 12.5 Å². The van der Waals surface area contributed by atoms with Crippen molar-refractivity contribution in [2.45, 2.75) is 40.0 Å². The number of unbranched alkanes of at least 4 members (excludes halogenated alkanes) is 1. The zero-order valence-electron chi connectivity index (χ0n) is 7.74. The maximum absolute atomic E-state index is 11.0. The van der Waals surface area contributed by atoms with Crippen molar-refractivity contribution in [3.63, 3.8) is 0 Å². The second-order valence-corrected chi connectivity index (χ2v) is 3.09. The lowest BCUT2D eigenvalue weighted by Crippen LogP contribution is -2.26. The van der Waals surface area contributed by atoms with Crippen molar-refractivity contribution in [1.82, 2.24) is 5.32 Å². The summed E-state index contributed by atoms with van der Waals surface area (Å²) in [5.74, 6) is 1.42. The first-order valence-electron chi connectivity index (χ1n) is 4.22. The molecule has 2 nitrogen and oxygen atoms in total. The lowest BCUT2D eigenvalue weighted by Gasteiger charge is -2.05. The molecule has 2 heteroatoms. The summed E-state index contributed by atoms with van der Waals surface area (Å²) in [5.41, 5.74) is 0. The second-order valence-electron chi connectivity index (χ2n) is 3.09. The van der Waals surface area contributed by atoms with E-state index in [2.05, 4.69) is 12.2 Å². The minimum Gasteiger partial charge on any atom is -0.356 e. The van der Waals surface area contributed by atoms with Crippen LogP contribution in [0.15, 0.2) is 0 Å². The Hall–Kier alpha value is -0.530. The molecule has 0 aromatic heterocycles. The average molecular weight is 156 g/mol. The third-order valence-electron chi connectivity index (χ3n) is 1.40. The number of hydrogen-bond donors (Lipinski definition) is 1. The summed E-state index contributed by atoms with van der Waals surface area (Å²) in [6, 6.07) is 0. The van der Waals surface area contributed by atoms with Gasteiger partial charge in [0, 0.05) is 13.0 Å². The van der Waals surface area contributed by atoms with Gasteiger partial charge < -0.3 is 5.32 Å². The lowest BCUT2D eigenvalue weighted by atomic mass is 10.2. The van der Waals surface area contributed by atoms with Gasteiger partial charge in [-0.05, 0) is 12.3 Å². The highest BCUT2D eigenvalue weighted by Gasteiger charge is 2.00. The Labute approximate surface area is 69.4 Å². The molecule has 0 saturated heterocycles. The van der Waals surface area contributed by atoms with Crippen molar-refractivity contribution >= 4 is 5.91 Å². The molecular weight excluding hydrogens is 138 g/mol. The molecule has 1 N–H and O–H groups in total. The molecule has 0 saturated carbocycles. The highest BCUT2D eigenvalue weighted by Crippen LogP contribution is 1.95. The molecule has 0 rings (SSSR count). The van der Waals surface area contributed by atoms with Crippen molar-refractivity contribution in [2.75, 3.05) is 6.54 Å². The summed E-state index contributed by atoms with van der Waals surface area (Å²) in [6.45, 7) is 6.84. The fourth-order valence-corrected chi connectivity index (χ4v) is 0.701. The predicted octanol–water partition coefficient (Wildman–Crippen LogP) is 1.91. The van der Waals surface area contributed by atoms with Crippen LogP contribution in [0.2, 0.25) is 0 Å². The highest BCUT2D eigenvalue weighted by molar-refractivity contribution is 5.75. The SMILES string of the molecule is CCCCC(=O)NC[C](C)C. The summed E-state index contributed by atoms with van der Waals surface area (Å²) in [5, 5.41) is 2.84. The van der Waals surface area contributed by atoms with Crippen LogP contribution in [-0.2, 0) is 4.79 Å². The normalized spacial score (nSPS) is 10.2. The van der Waals surface area contributed by atoms with E-state index in [0.29, 0.717) is 6.42 Å². The molecule has 0 aliphatic rings. The first-order valence-corrected chi connectivity index (χ1v) is 4.22. The average Bonchev–Trinajstić information content (AvgIpc) is 1.97. The minimum absolute atomic E-state index is 0.174. The minimum atomic E-state index is 0.174. The number of hydrogen-bond acceptors (Lipinski definition) is 1. The molecule has 0 bridgehead atoms. The Morgan fingerprint density at radius 1 is 1.36 bits per heavy atom. The lowest BCUT2D eigenvalue weighted by molar-refractivity contribution is -0.121. The molecule has 0 atom stereocenters. The molecule has 65 valence electrons. The third-order valence-corrected chi connectivity index (χ3v) is 1.40. The van der Waals surface area contributed by atoms with E-state index in [1.807, 2.05) is 13.8 Å². The van der Waals surface area contributed by atoms with Gasteiger partial charge in [0.2, 0.25) is 5.91 Å². The van der Waals surface area contributed by atoms with Crippen LogP contribution in [0, 0.1) is 5.92 Å². The van der Waals surface area contributed by atoms with Gasteiger partial charge in [0.05, 0.1) is 0 Å². The Morgan fingerprint density at radius 3 is 2.45 bits per heavy atom. The van der Waals surface area contributed by atoms with Crippen LogP contribution in [0.25, 0.3) is 0 Å². The van der Waals surface area contributed by atoms with Gasteiger partial charge in [0.25, 0.3) is 0 Å². The van der Waals surface area contributed by atoms with Crippen LogP contribution in [0.4, 0.5) is 0 Å². The zero-order valence-corrected chi connectivity index (χ0v) is 7.74. The molecule has 0 aromatic rings. The number of rotatable bonds is 5. The van der Waals surface area contributed by atoms with Crippen molar-refractivity contribution in [1.29, 1.82) is 0 Å². The van der Waals surface area contributed by atoms with Crippen molar-refractivity contribution in [2.24, 2.45) is 0 Å². The smallest absolute Gasteiger partial charge is 0.220 e. The van der Waals surface area contributed by atoms with Gasteiger partial charge in [-0.2, -0.15) is 0 Å². The Morgan fingerprint density at radius 2 is 2.00 bits per heavy atom. The number of carbonyl (C=O) groups excluding carboxylic acids is 1. The summed E-state index contributed by atoms with van der Waals surface area (Å²) in [4.78, 5) is 11.0. The molecular formula is C9H18NO. The summed E-state index contributed by atoms with van der Waals surface area (Å²) < 4.78 is 0. The third kappa shape index (κ3) is 7.37. The van der Waals surface area contributed by atoms with Crippen LogP contribution in [0.5, 0.6) is 0 Å². The molecule has 1 amide bonds. The largest absolute Gasteiger partial charge is 0.356 e. The Bertz CT molecular complexity index is 110. The molecule has 0 heterocycles. The molecule has 0 aliphatic carbocycles. The summed E-state index contributed by atoms with van der Waals surface area (Å²) >= 11 is 0. The fraction of sp³-hybridized carbons (Fsp3) is 0.778. The first kappa shape index (κ1) is 10.5. The van der Waals surface area contributed by atoms with E-state index in [9.17, 15) is 4.79 Å². The van der Waals surface area contributed by atoms with Crippen LogP contribution in [0.1, 0.15) is 40.0 Å². The van der Waals surface area contributed by atoms with E-state index >= 15 is 0 Å². The molecule has 0 aromatic carbocycles. The molecule has 11 heavy (non-hydrogen) atoms.